The van der Waals surface area contributed by atoms with Crippen molar-refractivity contribution in [1.29, 1.82) is 0 Å². The first kappa shape index (κ1) is 8.53. The highest BCUT2D eigenvalue weighted by atomic mass is 16.1. The summed E-state index contributed by atoms with van der Waals surface area (Å²) < 4.78 is 0. The van der Waals surface area contributed by atoms with E-state index in [-0.39, 0.29) is 6.42 Å². The molecule has 2 nitrogen and oxygen atoms in total. The molecule has 0 heterocycles. The number of rotatable bonds is 3. The lowest BCUT2D eigenvalue weighted by Crippen LogP contribution is -2.10. The van der Waals surface area contributed by atoms with Crippen LogP contribution in [0.25, 0.3) is 5.57 Å². The first-order chi connectivity index (χ1) is 5.70. The van der Waals surface area contributed by atoms with Gasteiger partial charge in [-0.3, -0.25) is 4.79 Å². The molecule has 0 aliphatic heterocycles. The Morgan fingerprint density at radius 1 is 1.33 bits per heavy atom. The number of benzene rings is 1. The Morgan fingerprint density at radius 3 is 2.42 bits per heavy atom. The van der Waals surface area contributed by atoms with E-state index in [1.54, 1.807) is 0 Å². The van der Waals surface area contributed by atoms with Gasteiger partial charge in [0, 0.05) is 0 Å². The number of carbonyl (C=O) groups excluding carboxylic acids is 1. The van der Waals surface area contributed by atoms with Crippen molar-refractivity contribution in [3.05, 3.63) is 42.5 Å². The quantitative estimate of drug-likeness (QED) is 0.713. The van der Waals surface area contributed by atoms with Gasteiger partial charge in [0.15, 0.2) is 0 Å². The van der Waals surface area contributed by atoms with Crippen molar-refractivity contribution in [3.63, 3.8) is 0 Å². The third-order valence-corrected chi connectivity index (χ3v) is 1.51. The SMILES string of the molecule is [CH]=C(CC(N)=O)c1ccccc1. The molecule has 0 atom stereocenters. The number of amides is 1. The van der Waals surface area contributed by atoms with Crippen LogP contribution in [-0.2, 0) is 4.79 Å². The smallest absolute Gasteiger partial charge is 0.221 e. The average molecular weight is 160 g/mol. The average Bonchev–Trinajstić information content (AvgIpc) is 2.05. The minimum Gasteiger partial charge on any atom is -0.369 e. The van der Waals surface area contributed by atoms with Crippen LogP contribution in [0.2, 0.25) is 0 Å². The minimum atomic E-state index is -0.406. The Kier molecular flexibility index (Phi) is 2.64. The fraction of sp³-hybridized carbons (Fsp3) is 0.100. The van der Waals surface area contributed by atoms with Gasteiger partial charge in [-0.15, -0.1) is 0 Å². The maximum Gasteiger partial charge on any atom is 0.221 e. The third kappa shape index (κ3) is 2.23. The molecule has 1 amide bonds. The molecule has 0 saturated heterocycles. The topological polar surface area (TPSA) is 43.1 Å². The van der Waals surface area contributed by atoms with Gasteiger partial charge < -0.3 is 5.73 Å². The summed E-state index contributed by atoms with van der Waals surface area (Å²) in [6.45, 7) is 5.61. The van der Waals surface area contributed by atoms with Gasteiger partial charge in [-0.2, -0.15) is 0 Å². The zero-order valence-electron chi connectivity index (χ0n) is 6.66. The standard InChI is InChI=1S/C10H10NO/c1-8(7-10(11)12)9-5-3-2-4-6-9/h1-6H,7H2,(H2,11,12). The number of nitrogens with two attached hydrogens (primary N) is 1. The van der Waals surface area contributed by atoms with Crippen LogP contribution in [0.1, 0.15) is 12.0 Å². The molecule has 1 radical (unpaired) electrons. The number of carbonyl (C=O) groups is 1. The van der Waals surface area contributed by atoms with E-state index in [1.807, 2.05) is 30.3 Å². The van der Waals surface area contributed by atoms with Crippen LogP contribution in [0.3, 0.4) is 0 Å². The van der Waals surface area contributed by atoms with Crippen molar-refractivity contribution in [2.24, 2.45) is 5.73 Å². The van der Waals surface area contributed by atoms with Gasteiger partial charge in [0.2, 0.25) is 5.91 Å². The molecule has 0 aromatic heterocycles. The van der Waals surface area contributed by atoms with E-state index < -0.39 is 5.91 Å². The Balaban J connectivity index is 2.73. The van der Waals surface area contributed by atoms with Gasteiger partial charge in [0.05, 0.1) is 6.42 Å². The van der Waals surface area contributed by atoms with Crippen LogP contribution in [0.4, 0.5) is 0 Å². The van der Waals surface area contributed by atoms with Crippen molar-refractivity contribution < 1.29 is 4.79 Å². The molecule has 0 bridgehead atoms. The summed E-state index contributed by atoms with van der Waals surface area (Å²) in [5, 5.41) is 0. The fourth-order valence-electron chi connectivity index (χ4n) is 0.942. The van der Waals surface area contributed by atoms with Crippen molar-refractivity contribution in [1.82, 2.24) is 0 Å². The molecule has 12 heavy (non-hydrogen) atoms. The summed E-state index contributed by atoms with van der Waals surface area (Å²) in [6.07, 6.45) is 0.115. The maximum atomic E-state index is 10.5. The van der Waals surface area contributed by atoms with E-state index in [0.29, 0.717) is 5.57 Å². The zero-order chi connectivity index (χ0) is 8.97. The molecule has 0 saturated carbocycles. The number of hydrogen-bond donors (Lipinski definition) is 1. The summed E-state index contributed by atoms with van der Waals surface area (Å²) in [4.78, 5) is 10.5. The molecule has 0 fully saturated rings. The van der Waals surface area contributed by atoms with Crippen molar-refractivity contribution in [2.45, 2.75) is 6.42 Å². The van der Waals surface area contributed by atoms with E-state index in [1.165, 1.54) is 0 Å². The first-order valence-corrected chi connectivity index (χ1v) is 3.65. The molecule has 1 aromatic carbocycles. The molecule has 0 spiro atoms. The van der Waals surface area contributed by atoms with Crippen molar-refractivity contribution in [2.75, 3.05) is 0 Å². The maximum absolute atomic E-state index is 10.5. The monoisotopic (exact) mass is 160 g/mol. The fourth-order valence-corrected chi connectivity index (χ4v) is 0.942. The van der Waals surface area contributed by atoms with Crippen LogP contribution in [0.15, 0.2) is 30.3 Å². The van der Waals surface area contributed by atoms with Crippen LogP contribution in [0, 0.1) is 6.58 Å². The lowest BCUT2D eigenvalue weighted by atomic mass is 10.1. The van der Waals surface area contributed by atoms with Gasteiger partial charge in [-0.25, -0.2) is 0 Å². The molecular formula is C10H10NO. The minimum absolute atomic E-state index is 0.115. The molecule has 0 aliphatic carbocycles. The molecular weight excluding hydrogens is 150 g/mol. The molecule has 0 aliphatic rings. The molecule has 61 valence electrons. The van der Waals surface area contributed by atoms with E-state index in [2.05, 4.69) is 0 Å². The van der Waals surface area contributed by atoms with Gasteiger partial charge >= 0.3 is 0 Å². The summed E-state index contributed by atoms with van der Waals surface area (Å²) in [7, 11) is 0. The normalized spacial score (nSPS) is 9.33. The first-order valence-electron chi connectivity index (χ1n) is 3.65. The largest absolute Gasteiger partial charge is 0.369 e. The molecule has 1 aromatic rings. The summed E-state index contributed by atoms with van der Waals surface area (Å²) in [6, 6.07) is 9.31. The number of primary amides is 1. The van der Waals surface area contributed by atoms with Gasteiger partial charge in [-0.1, -0.05) is 36.9 Å². The van der Waals surface area contributed by atoms with Gasteiger partial charge in [-0.05, 0) is 11.1 Å². The Labute approximate surface area is 71.7 Å². The summed E-state index contributed by atoms with van der Waals surface area (Å²) in [5.41, 5.74) is 6.37. The highest BCUT2D eigenvalue weighted by Gasteiger charge is 2.00. The molecule has 2 N–H and O–H groups in total. The zero-order valence-corrected chi connectivity index (χ0v) is 6.66. The van der Waals surface area contributed by atoms with Crippen molar-refractivity contribution >= 4 is 11.5 Å². The second-order valence-corrected chi connectivity index (χ2v) is 2.53. The highest BCUT2D eigenvalue weighted by molar-refractivity contribution is 5.86. The summed E-state index contributed by atoms with van der Waals surface area (Å²) in [5.74, 6) is -0.406. The van der Waals surface area contributed by atoms with E-state index in [9.17, 15) is 4.79 Å². The Bertz CT molecular complexity index is 290. The van der Waals surface area contributed by atoms with Crippen LogP contribution in [0.5, 0.6) is 0 Å². The second-order valence-electron chi connectivity index (χ2n) is 2.53. The van der Waals surface area contributed by atoms with Crippen LogP contribution >= 0.6 is 0 Å². The molecule has 0 unspecified atom stereocenters. The number of hydrogen-bond acceptors (Lipinski definition) is 1. The van der Waals surface area contributed by atoms with Crippen LogP contribution < -0.4 is 5.73 Å². The third-order valence-electron chi connectivity index (χ3n) is 1.51. The highest BCUT2D eigenvalue weighted by Crippen LogP contribution is 2.13. The van der Waals surface area contributed by atoms with Crippen molar-refractivity contribution in [3.8, 4) is 0 Å². The van der Waals surface area contributed by atoms with E-state index in [0.717, 1.165) is 5.56 Å². The lowest BCUT2D eigenvalue weighted by molar-refractivity contribution is -0.117. The Hall–Kier alpha value is -1.57. The second kappa shape index (κ2) is 3.72. The Morgan fingerprint density at radius 2 is 1.92 bits per heavy atom. The molecule has 2 heteroatoms. The predicted octanol–water partition coefficient (Wildman–Crippen LogP) is 1.38. The predicted molar refractivity (Wildman–Crippen MR) is 48.0 cm³/mol. The van der Waals surface area contributed by atoms with Gasteiger partial charge in [0.1, 0.15) is 0 Å². The lowest BCUT2D eigenvalue weighted by Gasteiger charge is -2.01. The van der Waals surface area contributed by atoms with E-state index >= 15 is 0 Å². The van der Waals surface area contributed by atoms with Gasteiger partial charge in [0.25, 0.3) is 0 Å². The summed E-state index contributed by atoms with van der Waals surface area (Å²) >= 11 is 0. The van der Waals surface area contributed by atoms with Crippen LogP contribution in [-0.4, -0.2) is 5.91 Å². The van der Waals surface area contributed by atoms with E-state index in [4.69, 9.17) is 12.3 Å². The molecule has 1 rings (SSSR count).